The topological polar surface area (TPSA) is 72.2 Å². The molecule has 4 heteroatoms. The normalized spacial score (nSPS) is 10.5. The van der Waals surface area contributed by atoms with E-state index in [1.165, 1.54) is 6.08 Å². The fourth-order valence-corrected chi connectivity index (χ4v) is 0.460. The summed E-state index contributed by atoms with van der Waals surface area (Å²) in [7, 11) is 0. The molecule has 0 rings (SSSR count). The van der Waals surface area contributed by atoms with Crippen molar-refractivity contribution in [2.24, 2.45) is 5.73 Å². The lowest BCUT2D eigenvalue weighted by atomic mass is 10.4. The van der Waals surface area contributed by atoms with E-state index >= 15 is 0 Å². The van der Waals surface area contributed by atoms with E-state index in [0.29, 0.717) is 0 Å². The Bertz CT molecular complexity index is 218. The fourth-order valence-electron chi connectivity index (χ4n) is 0.460. The second-order valence-corrected chi connectivity index (χ2v) is 1.76. The van der Waals surface area contributed by atoms with Gasteiger partial charge in [0.25, 0.3) is 5.91 Å². The number of carbonyl (C=O) groups is 2. The van der Waals surface area contributed by atoms with Crippen LogP contribution < -0.4 is 11.1 Å². The van der Waals surface area contributed by atoms with E-state index < -0.39 is 11.8 Å². The zero-order valence-electron chi connectivity index (χ0n) is 6.26. The van der Waals surface area contributed by atoms with Crippen LogP contribution in [0.25, 0.3) is 0 Å². The second-order valence-electron chi connectivity index (χ2n) is 1.76. The first-order chi connectivity index (χ1) is 5.11. The van der Waals surface area contributed by atoms with E-state index in [1.54, 1.807) is 6.92 Å². The molecule has 2 amide bonds. The zero-order chi connectivity index (χ0) is 8.85. The summed E-state index contributed by atoms with van der Waals surface area (Å²) >= 11 is 0. The highest BCUT2D eigenvalue weighted by Gasteiger charge is 2.04. The fraction of sp³-hybridized carbons (Fsp3) is 0.143. The third kappa shape index (κ3) is 3.20. The van der Waals surface area contributed by atoms with Crippen LogP contribution in [0.3, 0.4) is 0 Å². The van der Waals surface area contributed by atoms with Gasteiger partial charge in [0.15, 0.2) is 0 Å². The molecule has 0 aromatic heterocycles. The molecule has 60 valence electrons. The Morgan fingerprint density at radius 3 is 2.36 bits per heavy atom. The number of hydrogen-bond donors (Lipinski definition) is 2. The Morgan fingerprint density at radius 1 is 1.55 bits per heavy atom. The maximum Gasteiger partial charge on any atom is 0.264 e. The first-order valence-corrected chi connectivity index (χ1v) is 3.01. The number of amides is 2. The summed E-state index contributed by atoms with van der Waals surface area (Å²) in [4.78, 5) is 21.1. The molecule has 11 heavy (non-hydrogen) atoms. The van der Waals surface area contributed by atoms with Gasteiger partial charge in [-0.25, -0.2) is 0 Å². The van der Waals surface area contributed by atoms with Crippen LogP contribution in [-0.2, 0) is 9.59 Å². The van der Waals surface area contributed by atoms with E-state index in [4.69, 9.17) is 5.73 Å². The third-order valence-electron chi connectivity index (χ3n) is 0.997. The number of hydrogen-bond acceptors (Lipinski definition) is 2. The van der Waals surface area contributed by atoms with Crippen molar-refractivity contribution in [3.8, 4) is 0 Å². The summed E-state index contributed by atoms with van der Waals surface area (Å²) in [5.74, 6) is -1.11. The van der Waals surface area contributed by atoms with E-state index in [2.05, 4.69) is 11.9 Å². The summed E-state index contributed by atoms with van der Waals surface area (Å²) in [6.45, 7) is 4.82. The minimum Gasteiger partial charge on any atom is -0.364 e. The molecule has 0 aromatic carbocycles. The maximum atomic E-state index is 10.6. The summed E-state index contributed by atoms with van der Waals surface area (Å²) in [5.41, 5.74) is 4.97. The number of nitrogens with one attached hydrogen (secondary N) is 1. The molecule has 0 radical (unpaired) electrons. The van der Waals surface area contributed by atoms with Crippen LogP contribution in [0.15, 0.2) is 24.4 Å². The van der Waals surface area contributed by atoms with Crippen LogP contribution in [0.5, 0.6) is 0 Å². The van der Waals surface area contributed by atoms with Gasteiger partial charge in [-0.3, -0.25) is 9.59 Å². The van der Waals surface area contributed by atoms with Crippen molar-refractivity contribution in [3.05, 3.63) is 24.4 Å². The van der Waals surface area contributed by atoms with Crippen LogP contribution in [0, 0.1) is 0 Å². The van der Waals surface area contributed by atoms with Crippen molar-refractivity contribution < 1.29 is 9.59 Å². The average molecular weight is 154 g/mol. The maximum absolute atomic E-state index is 10.6. The summed E-state index contributed by atoms with van der Waals surface area (Å²) in [6.07, 6.45) is 2.48. The van der Waals surface area contributed by atoms with Gasteiger partial charge in [-0.15, -0.1) is 0 Å². The Labute approximate surface area is 64.8 Å². The number of carbonyl (C=O) groups excluding carboxylic acids is 2. The van der Waals surface area contributed by atoms with E-state index in [9.17, 15) is 9.59 Å². The Balaban J connectivity index is 4.22. The highest BCUT2D eigenvalue weighted by Crippen LogP contribution is 1.85. The molecule has 0 aliphatic carbocycles. The first kappa shape index (κ1) is 9.42. The molecular formula is C7H10N2O2. The van der Waals surface area contributed by atoms with Gasteiger partial charge in [-0.1, -0.05) is 12.7 Å². The van der Waals surface area contributed by atoms with Crippen LogP contribution in [0.4, 0.5) is 0 Å². The van der Waals surface area contributed by atoms with Gasteiger partial charge in [0.1, 0.15) is 5.70 Å². The van der Waals surface area contributed by atoms with Crippen molar-refractivity contribution in [2.45, 2.75) is 6.92 Å². The molecular weight excluding hydrogens is 144 g/mol. The Hall–Kier alpha value is -1.58. The summed E-state index contributed by atoms with van der Waals surface area (Å²) in [5, 5.41) is 2.25. The summed E-state index contributed by atoms with van der Waals surface area (Å²) in [6, 6.07) is 0. The zero-order valence-corrected chi connectivity index (χ0v) is 6.26. The van der Waals surface area contributed by atoms with Gasteiger partial charge in [0, 0.05) is 0 Å². The van der Waals surface area contributed by atoms with Gasteiger partial charge < -0.3 is 11.1 Å². The highest BCUT2D eigenvalue weighted by molar-refractivity contribution is 5.99. The summed E-state index contributed by atoms with van der Waals surface area (Å²) < 4.78 is 0. The lowest BCUT2D eigenvalue weighted by molar-refractivity contribution is -0.119. The standard InChI is InChI=1S/C7H10N2O2/c1-3-5(7(8)11)9-6(10)4-2/h3-4H,2H2,1H3,(H2,8,11)(H,9,10). The lowest BCUT2D eigenvalue weighted by Crippen LogP contribution is -2.29. The van der Waals surface area contributed by atoms with Gasteiger partial charge in [0.05, 0.1) is 0 Å². The van der Waals surface area contributed by atoms with Crippen molar-refractivity contribution >= 4 is 11.8 Å². The van der Waals surface area contributed by atoms with Gasteiger partial charge in [0.2, 0.25) is 5.91 Å². The van der Waals surface area contributed by atoms with Gasteiger partial charge in [-0.05, 0) is 13.0 Å². The quantitative estimate of drug-likeness (QED) is 0.547. The predicted molar refractivity (Wildman–Crippen MR) is 41.3 cm³/mol. The molecule has 0 aliphatic rings. The molecule has 0 saturated carbocycles. The van der Waals surface area contributed by atoms with Crippen LogP contribution in [-0.4, -0.2) is 11.8 Å². The lowest BCUT2D eigenvalue weighted by Gasteiger charge is -2.00. The molecule has 0 aliphatic heterocycles. The molecule has 0 spiro atoms. The van der Waals surface area contributed by atoms with E-state index in [0.717, 1.165) is 6.08 Å². The number of nitrogens with two attached hydrogens (primary N) is 1. The van der Waals surface area contributed by atoms with Crippen molar-refractivity contribution in [3.63, 3.8) is 0 Å². The molecule has 0 bridgehead atoms. The number of rotatable bonds is 3. The minimum absolute atomic E-state index is 0.0786. The molecule has 0 unspecified atom stereocenters. The Morgan fingerprint density at radius 2 is 2.09 bits per heavy atom. The van der Waals surface area contributed by atoms with Crippen LogP contribution >= 0.6 is 0 Å². The highest BCUT2D eigenvalue weighted by atomic mass is 16.2. The third-order valence-corrected chi connectivity index (χ3v) is 0.997. The van der Waals surface area contributed by atoms with Crippen molar-refractivity contribution in [1.29, 1.82) is 0 Å². The second kappa shape index (κ2) is 4.27. The number of allylic oxidation sites excluding steroid dienone is 1. The SMILES string of the molecule is C=CC(=O)NC(=CC)C(N)=O. The molecule has 0 fully saturated rings. The van der Waals surface area contributed by atoms with Crippen molar-refractivity contribution in [1.82, 2.24) is 5.32 Å². The van der Waals surface area contributed by atoms with Crippen LogP contribution in [0.2, 0.25) is 0 Å². The van der Waals surface area contributed by atoms with Crippen LogP contribution in [0.1, 0.15) is 6.92 Å². The predicted octanol–water partition coefficient (Wildman–Crippen LogP) is -0.322. The van der Waals surface area contributed by atoms with Crippen molar-refractivity contribution in [2.75, 3.05) is 0 Å². The molecule has 0 atom stereocenters. The number of primary amides is 1. The molecule has 0 heterocycles. The van der Waals surface area contributed by atoms with E-state index in [-0.39, 0.29) is 5.70 Å². The largest absolute Gasteiger partial charge is 0.364 e. The smallest absolute Gasteiger partial charge is 0.264 e. The minimum atomic E-state index is -0.664. The Kier molecular flexibility index (Phi) is 3.66. The molecule has 0 saturated heterocycles. The molecule has 3 N–H and O–H groups in total. The van der Waals surface area contributed by atoms with E-state index in [1.807, 2.05) is 0 Å². The molecule has 0 aromatic rings. The molecule has 4 nitrogen and oxygen atoms in total. The monoisotopic (exact) mass is 154 g/mol. The average Bonchev–Trinajstić information content (AvgIpc) is 1.99. The first-order valence-electron chi connectivity index (χ1n) is 3.01. The van der Waals surface area contributed by atoms with Gasteiger partial charge >= 0.3 is 0 Å². The van der Waals surface area contributed by atoms with Gasteiger partial charge in [-0.2, -0.15) is 0 Å².